The summed E-state index contributed by atoms with van der Waals surface area (Å²) < 4.78 is 17.5. The van der Waals surface area contributed by atoms with E-state index in [2.05, 4.69) is 47.2 Å². The van der Waals surface area contributed by atoms with E-state index in [1.54, 1.807) is 21.3 Å². The first-order chi connectivity index (χ1) is 16.0. The van der Waals surface area contributed by atoms with Crippen molar-refractivity contribution < 1.29 is 19.3 Å². The average Bonchev–Trinajstić information content (AvgIpc) is 2.82. The van der Waals surface area contributed by atoms with Gasteiger partial charge in [0.05, 0.1) is 46.1 Å². The van der Waals surface area contributed by atoms with Gasteiger partial charge in [0.2, 0.25) is 0 Å². The van der Waals surface area contributed by atoms with Gasteiger partial charge in [0.1, 0.15) is 11.8 Å². The Morgan fingerprint density at radius 1 is 1.03 bits per heavy atom. The molecule has 174 valence electrons. The molecule has 7 heteroatoms. The number of benzene rings is 2. The molecule has 2 bridgehead atoms. The lowest BCUT2D eigenvalue weighted by Crippen LogP contribution is -2.68. The van der Waals surface area contributed by atoms with Gasteiger partial charge in [0.25, 0.3) is 0 Å². The zero-order valence-electron chi connectivity index (χ0n) is 19.8. The summed E-state index contributed by atoms with van der Waals surface area (Å²) in [5.41, 5.74) is 5.39. The number of nitriles is 1. The SMILES string of the molecule is COc1c(C)c(OC)c(OC)c2c1C[C@H]1[C@H]3c4ccccc4C[C@@H]([C@H](C#N)N1[C@H]2CO)N3C. The van der Waals surface area contributed by atoms with Gasteiger partial charge in [0.15, 0.2) is 11.5 Å². The third-order valence-corrected chi connectivity index (χ3v) is 7.95. The number of fused-ring (bicyclic) bond motifs is 7. The Morgan fingerprint density at radius 3 is 2.36 bits per heavy atom. The van der Waals surface area contributed by atoms with Gasteiger partial charge in [-0.1, -0.05) is 24.3 Å². The van der Waals surface area contributed by atoms with Gasteiger partial charge < -0.3 is 19.3 Å². The number of piperazine rings is 1. The van der Waals surface area contributed by atoms with Crippen LogP contribution in [0.25, 0.3) is 0 Å². The summed E-state index contributed by atoms with van der Waals surface area (Å²) in [6.07, 6.45) is 1.50. The van der Waals surface area contributed by atoms with Crippen molar-refractivity contribution in [2.75, 3.05) is 35.0 Å². The molecule has 3 aliphatic rings. The van der Waals surface area contributed by atoms with Crippen LogP contribution >= 0.6 is 0 Å². The van der Waals surface area contributed by atoms with Crippen molar-refractivity contribution in [3.63, 3.8) is 0 Å². The topological polar surface area (TPSA) is 78.2 Å². The van der Waals surface area contributed by atoms with Crippen LogP contribution in [0.5, 0.6) is 17.2 Å². The molecule has 33 heavy (non-hydrogen) atoms. The predicted octanol–water partition coefficient (Wildman–Crippen LogP) is 2.78. The van der Waals surface area contributed by atoms with E-state index in [0.29, 0.717) is 17.9 Å². The normalized spacial score (nSPS) is 28.2. The Balaban J connectivity index is 1.78. The quantitative estimate of drug-likeness (QED) is 0.769. The van der Waals surface area contributed by atoms with Crippen LogP contribution in [0.2, 0.25) is 0 Å². The maximum absolute atomic E-state index is 10.7. The highest BCUT2D eigenvalue weighted by molar-refractivity contribution is 5.65. The number of ether oxygens (including phenoxy) is 3. The Labute approximate surface area is 195 Å². The molecule has 0 spiro atoms. The van der Waals surface area contributed by atoms with E-state index in [1.165, 1.54) is 11.1 Å². The van der Waals surface area contributed by atoms with E-state index in [1.807, 2.05) is 6.92 Å². The lowest BCUT2D eigenvalue weighted by molar-refractivity contribution is -0.0819. The Bertz CT molecular complexity index is 1130. The molecule has 0 radical (unpaired) electrons. The first-order valence-corrected chi connectivity index (χ1v) is 11.4. The fourth-order valence-electron chi connectivity index (χ4n) is 6.68. The zero-order valence-corrected chi connectivity index (χ0v) is 19.8. The summed E-state index contributed by atoms with van der Waals surface area (Å²) >= 11 is 0. The molecular weight excluding hydrogens is 418 g/mol. The second kappa shape index (κ2) is 8.21. The fraction of sp³-hybridized carbons (Fsp3) is 0.500. The molecule has 1 saturated heterocycles. The first kappa shape index (κ1) is 22.0. The molecule has 0 unspecified atom stereocenters. The standard InChI is InChI=1S/C26H31N3O4/c1-14-24(31-3)17-11-19-23-16-9-7-6-8-15(16)10-18(28(23)2)20(12-27)29(19)21(13-30)22(17)26(33-5)25(14)32-4/h6-9,18-21,23,30H,10-11,13H2,1-5H3/t18-,19-,20-,21-,23+/m0/s1. The van der Waals surface area contributed by atoms with Crippen LogP contribution in [0.3, 0.4) is 0 Å². The van der Waals surface area contributed by atoms with Crippen molar-refractivity contribution in [3.05, 3.63) is 52.1 Å². The molecule has 0 aromatic heterocycles. The van der Waals surface area contributed by atoms with Gasteiger partial charge in [-0.15, -0.1) is 0 Å². The van der Waals surface area contributed by atoms with E-state index in [9.17, 15) is 10.4 Å². The molecule has 3 aliphatic heterocycles. The van der Waals surface area contributed by atoms with Gasteiger partial charge in [0, 0.05) is 28.8 Å². The van der Waals surface area contributed by atoms with Crippen LogP contribution < -0.4 is 14.2 Å². The zero-order chi connectivity index (χ0) is 23.4. The van der Waals surface area contributed by atoms with Crippen LogP contribution in [-0.4, -0.2) is 68.0 Å². The third-order valence-electron chi connectivity index (χ3n) is 7.95. The molecule has 1 N–H and O–H groups in total. The summed E-state index contributed by atoms with van der Waals surface area (Å²) in [5.74, 6) is 1.99. The molecule has 3 heterocycles. The molecule has 2 aromatic rings. The van der Waals surface area contributed by atoms with Crippen molar-refractivity contribution in [2.24, 2.45) is 0 Å². The van der Waals surface area contributed by atoms with Crippen LogP contribution in [0.1, 0.15) is 39.9 Å². The predicted molar refractivity (Wildman–Crippen MR) is 124 cm³/mol. The second-order valence-corrected chi connectivity index (χ2v) is 9.19. The minimum absolute atomic E-state index is 0.00778. The summed E-state index contributed by atoms with van der Waals surface area (Å²) in [6.45, 7) is 1.84. The third kappa shape index (κ3) is 2.91. The Morgan fingerprint density at radius 2 is 1.73 bits per heavy atom. The van der Waals surface area contributed by atoms with Gasteiger partial charge >= 0.3 is 0 Å². The average molecular weight is 450 g/mol. The van der Waals surface area contributed by atoms with Crippen molar-refractivity contribution >= 4 is 0 Å². The lowest BCUT2D eigenvalue weighted by atomic mass is 9.72. The van der Waals surface area contributed by atoms with Gasteiger partial charge in [-0.2, -0.15) is 5.26 Å². The number of aliphatic hydroxyl groups excluding tert-OH is 1. The summed E-state index contributed by atoms with van der Waals surface area (Å²) in [5, 5.41) is 21.1. The molecular formula is C26H31N3O4. The minimum atomic E-state index is -0.397. The lowest BCUT2D eigenvalue weighted by Gasteiger charge is -2.59. The molecule has 7 nitrogen and oxygen atoms in total. The Hall–Kier alpha value is -2.79. The fourth-order valence-corrected chi connectivity index (χ4v) is 6.68. The molecule has 2 aromatic carbocycles. The van der Waals surface area contributed by atoms with Gasteiger partial charge in [-0.3, -0.25) is 9.80 Å². The molecule has 0 aliphatic carbocycles. The van der Waals surface area contributed by atoms with Crippen LogP contribution in [0, 0.1) is 18.3 Å². The summed E-state index contributed by atoms with van der Waals surface area (Å²) in [7, 11) is 7.05. The highest BCUT2D eigenvalue weighted by Crippen LogP contribution is 2.55. The molecule has 0 saturated carbocycles. The second-order valence-electron chi connectivity index (χ2n) is 9.19. The largest absolute Gasteiger partial charge is 0.496 e. The van der Waals surface area contributed by atoms with Gasteiger partial charge in [-0.25, -0.2) is 0 Å². The molecule has 5 atom stereocenters. The van der Waals surface area contributed by atoms with Crippen LogP contribution in [0.15, 0.2) is 24.3 Å². The number of methoxy groups -OCH3 is 3. The number of rotatable bonds is 4. The van der Waals surface area contributed by atoms with E-state index < -0.39 is 6.04 Å². The van der Waals surface area contributed by atoms with Crippen molar-refractivity contribution in [1.82, 2.24) is 9.80 Å². The van der Waals surface area contributed by atoms with E-state index in [4.69, 9.17) is 14.2 Å². The molecule has 1 fully saturated rings. The molecule has 0 amide bonds. The number of aliphatic hydroxyl groups is 1. The van der Waals surface area contributed by atoms with Crippen LogP contribution in [-0.2, 0) is 12.8 Å². The van der Waals surface area contributed by atoms with Gasteiger partial charge in [-0.05, 0) is 37.9 Å². The first-order valence-electron chi connectivity index (χ1n) is 11.4. The number of nitrogens with zero attached hydrogens (tertiary/aromatic N) is 3. The van der Waals surface area contributed by atoms with E-state index in [0.717, 1.165) is 28.9 Å². The number of hydrogen-bond acceptors (Lipinski definition) is 7. The maximum atomic E-state index is 10.7. The summed E-state index contributed by atoms with van der Waals surface area (Å²) in [4.78, 5) is 4.61. The number of hydrogen-bond donors (Lipinski definition) is 1. The minimum Gasteiger partial charge on any atom is -0.496 e. The van der Waals surface area contributed by atoms with E-state index in [-0.39, 0.29) is 30.8 Å². The summed E-state index contributed by atoms with van der Waals surface area (Å²) in [6, 6.07) is 10.6. The highest BCUT2D eigenvalue weighted by Gasteiger charge is 2.55. The smallest absolute Gasteiger partial charge is 0.167 e. The molecule has 5 rings (SSSR count). The monoisotopic (exact) mass is 449 g/mol. The van der Waals surface area contributed by atoms with Crippen molar-refractivity contribution in [1.29, 1.82) is 5.26 Å². The van der Waals surface area contributed by atoms with Crippen molar-refractivity contribution in [2.45, 2.75) is 50.0 Å². The van der Waals surface area contributed by atoms with Crippen molar-refractivity contribution in [3.8, 4) is 23.3 Å². The van der Waals surface area contributed by atoms with E-state index >= 15 is 0 Å². The maximum Gasteiger partial charge on any atom is 0.167 e. The highest BCUT2D eigenvalue weighted by atomic mass is 16.5. The Kier molecular flexibility index (Phi) is 5.48. The number of likely N-dealkylation sites (N-methyl/N-ethyl adjacent to an activating group) is 1. The van der Waals surface area contributed by atoms with Crippen LogP contribution in [0.4, 0.5) is 0 Å².